The monoisotopic (exact) mass is 340 g/mol. The Morgan fingerprint density at radius 3 is 2.88 bits per heavy atom. The molecule has 134 valence electrons. The summed E-state index contributed by atoms with van der Waals surface area (Å²) in [4.78, 5) is 8.62. The number of ether oxygens (including phenoxy) is 3. The number of halogens is 1. The van der Waals surface area contributed by atoms with E-state index in [9.17, 15) is 4.39 Å². The minimum Gasteiger partial charge on any atom is -0.390 e. The van der Waals surface area contributed by atoms with Crippen LogP contribution in [0.5, 0.6) is 0 Å². The number of alkyl halides is 1. The summed E-state index contributed by atoms with van der Waals surface area (Å²) >= 11 is 0. The Labute approximate surface area is 141 Å². The van der Waals surface area contributed by atoms with Gasteiger partial charge in [-0.05, 0) is 31.7 Å². The lowest BCUT2D eigenvalue weighted by Crippen LogP contribution is -2.37. The highest BCUT2D eigenvalue weighted by molar-refractivity contribution is 5.07. The summed E-state index contributed by atoms with van der Waals surface area (Å²) in [6, 6.07) is 1.69. The van der Waals surface area contributed by atoms with E-state index < -0.39 is 5.67 Å². The fourth-order valence-electron chi connectivity index (χ4n) is 3.24. The molecule has 1 aromatic rings. The van der Waals surface area contributed by atoms with Crippen LogP contribution in [-0.4, -0.2) is 59.9 Å². The SMILES string of the molecule is OCc1ccnc(C2CCC(F)(COC[C@H]3COCCO3)CC2)n1. The lowest BCUT2D eigenvalue weighted by Gasteiger charge is -2.33. The van der Waals surface area contributed by atoms with Gasteiger partial charge in [-0.25, -0.2) is 14.4 Å². The molecule has 1 aromatic heterocycles. The summed E-state index contributed by atoms with van der Waals surface area (Å²) in [5, 5.41) is 9.16. The minimum atomic E-state index is -1.29. The molecule has 0 radical (unpaired) electrons. The number of rotatable bonds is 6. The molecule has 0 spiro atoms. The first-order valence-electron chi connectivity index (χ1n) is 8.57. The Bertz CT molecular complexity index is 517. The topological polar surface area (TPSA) is 73.7 Å². The van der Waals surface area contributed by atoms with Gasteiger partial charge in [-0.15, -0.1) is 0 Å². The van der Waals surface area contributed by atoms with Gasteiger partial charge in [0.15, 0.2) is 0 Å². The van der Waals surface area contributed by atoms with E-state index in [0.29, 0.717) is 63.6 Å². The van der Waals surface area contributed by atoms with Gasteiger partial charge >= 0.3 is 0 Å². The maximum absolute atomic E-state index is 14.9. The van der Waals surface area contributed by atoms with Gasteiger partial charge in [-0.2, -0.15) is 0 Å². The predicted molar refractivity (Wildman–Crippen MR) is 84.4 cm³/mol. The number of nitrogens with zero attached hydrogens (tertiary/aromatic N) is 2. The smallest absolute Gasteiger partial charge is 0.134 e. The number of aliphatic hydroxyl groups is 1. The normalized spacial score (nSPS) is 31.1. The van der Waals surface area contributed by atoms with Gasteiger partial charge in [0.25, 0.3) is 0 Å². The van der Waals surface area contributed by atoms with Crippen molar-refractivity contribution in [1.29, 1.82) is 0 Å². The molecule has 1 saturated carbocycles. The summed E-state index contributed by atoms with van der Waals surface area (Å²) in [5.74, 6) is 0.854. The zero-order valence-electron chi connectivity index (χ0n) is 13.8. The largest absolute Gasteiger partial charge is 0.390 e. The summed E-state index contributed by atoms with van der Waals surface area (Å²) in [6.07, 6.45) is 3.82. The third-order valence-corrected chi connectivity index (χ3v) is 4.69. The molecule has 0 aromatic carbocycles. The molecule has 7 heteroatoms. The fourth-order valence-corrected chi connectivity index (χ4v) is 3.24. The standard InChI is InChI=1S/C17H25FN2O4/c18-17(12-23-11-15-10-22-7-8-24-15)4-1-13(2-5-17)16-19-6-3-14(9-21)20-16/h3,6,13,15,21H,1-2,4-5,7-12H2/t13?,15-,17?/m1/s1. The van der Waals surface area contributed by atoms with Gasteiger partial charge in [0.2, 0.25) is 0 Å². The summed E-state index contributed by atoms with van der Waals surface area (Å²) < 4.78 is 31.2. The third-order valence-electron chi connectivity index (χ3n) is 4.69. The molecule has 0 amide bonds. The van der Waals surface area contributed by atoms with Gasteiger partial charge in [-0.1, -0.05) is 0 Å². The van der Waals surface area contributed by atoms with Crippen LogP contribution in [0.4, 0.5) is 4.39 Å². The quantitative estimate of drug-likeness (QED) is 0.851. The van der Waals surface area contributed by atoms with E-state index in [1.54, 1.807) is 12.3 Å². The second-order valence-electron chi connectivity index (χ2n) is 6.57. The van der Waals surface area contributed by atoms with Gasteiger partial charge in [0, 0.05) is 12.1 Å². The molecule has 1 atom stereocenters. The Kier molecular flexibility index (Phi) is 6.10. The second kappa shape index (κ2) is 8.29. The Morgan fingerprint density at radius 2 is 2.17 bits per heavy atom. The lowest BCUT2D eigenvalue weighted by molar-refractivity contribution is -0.125. The van der Waals surface area contributed by atoms with Gasteiger partial charge in [0.05, 0.1) is 45.3 Å². The van der Waals surface area contributed by atoms with Crippen LogP contribution in [0.1, 0.15) is 43.1 Å². The van der Waals surface area contributed by atoms with E-state index in [0.717, 1.165) is 0 Å². The van der Waals surface area contributed by atoms with E-state index in [1.165, 1.54) is 0 Å². The molecule has 0 unspecified atom stereocenters. The molecule has 1 saturated heterocycles. The predicted octanol–water partition coefficient (Wildman–Crippen LogP) is 1.77. The molecule has 1 aliphatic carbocycles. The molecule has 0 bridgehead atoms. The summed E-state index contributed by atoms with van der Waals surface area (Å²) in [5.41, 5.74) is -0.684. The van der Waals surface area contributed by atoms with Crippen molar-refractivity contribution in [2.24, 2.45) is 0 Å². The van der Waals surface area contributed by atoms with Crippen molar-refractivity contribution in [1.82, 2.24) is 9.97 Å². The number of aliphatic hydroxyl groups excluding tert-OH is 1. The van der Waals surface area contributed by atoms with E-state index in [4.69, 9.17) is 19.3 Å². The zero-order valence-corrected chi connectivity index (χ0v) is 13.8. The van der Waals surface area contributed by atoms with E-state index in [2.05, 4.69) is 9.97 Å². The first kappa shape index (κ1) is 17.7. The van der Waals surface area contributed by atoms with Crippen molar-refractivity contribution < 1.29 is 23.7 Å². The van der Waals surface area contributed by atoms with Crippen LogP contribution in [0.15, 0.2) is 12.3 Å². The first-order valence-corrected chi connectivity index (χ1v) is 8.57. The van der Waals surface area contributed by atoms with Crippen molar-refractivity contribution in [3.05, 3.63) is 23.8 Å². The maximum Gasteiger partial charge on any atom is 0.134 e. The van der Waals surface area contributed by atoms with Crippen molar-refractivity contribution in [2.45, 2.75) is 50.0 Å². The van der Waals surface area contributed by atoms with E-state index in [1.807, 2.05) is 0 Å². The average molecular weight is 340 g/mol. The highest BCUT2D eigenvalue weighted by atomic mass is 19.1. The molecule has 24 heavy (non-hydrogen) atoms. The van der Waals surface area contributed by atoms with Gasteiger partial charge in [-0.3, -0.25) is 0 Å². The Hall–Kier alpha value is -1.15. The van der Waals surface area contributed by atoms with Crippen LogP contribution >= 0.6 is 0 Å². The van der Waals surface area contributed by atoms with Gasteiger partial charge in [0.1, 0.15) is 17.6 Å². The molecule has 1 N–H and O–H groups in total. The molecule has 6 nitrogen and oxygen atoms in total. The number of hydrogen-bond donors (Lipinski definition) is 1. The van der Waals surface area contributed by atoms with Crippen molar-refractivity contribution >= 4 is 0 Å². The van der Waals surface area contributed by atoms with E-state index in [-0.39, 0.29) is 25.2 Å². The van der Waals surface area contributed by atoms with Crippen molar-refractivity contribution in [3.8, 4) is 0 Å². The zero-order chi connectivity index (χ0) is 16.8. The molecular formula is C17H25FN2O4. The van der Waals surface area contributed by atoms with Crippen LogP contribution in [-0.2, 0) is 20.8 Å². The fraction of sp³-hybridized carbons (Fsp3) is 0.765. The van der Waals surface area contributed by atoms with Crippen LogP contribution in [0.3, 0.4) is 0 Å². The minimum absolute atomic E-state index is 0.0895. The molecule has 2 aliphatic rings. The van der Waals surface area contributed by atoms with Crippen LogP contribution < -0.4 is 0 Å². The summed E-state index contributed by atoms with van der Waals surface area (Å²) in [7, 11) is 0. The Morgan fingerprint density at radius 1 is 1.33 bits per heavy atom. The number of aromatic nitrogens is 2. The molecule has 2 fully saturated rings. The van der Waals surface area contributed by atoms with Crippen LogP contribution in [0, 0.1) is 0 Å². The molecular weight excluding hydrogens is 315 g/mol. The molecule has 1 aliphatic heterocycles. The molecule has 2 heterocycles. The summed E-state index contributed by atoms with van der Waals surface area (Å²) in [6.45, 7) is 2.07. The lowest BCUT2D eigenvalue weighted by atomic mass is 9.80. The highest BCUT2D eigenvalue weighted by Gasteiger charge is 2.37. The van der Waals surface area contributed by atoms with Crippen molar-refractivity contribution in [3.63, 3.8) is 0 Å². The van der Waals surface area contributed by atoms with E-state index >= 15 is 0 Å². The van der Waals surface area contributed by atoms with Crippen molar-refractivity contribution in [2.75, 3.05) is 33.0 Å². The number of hydrogen-bond acceptors (Lipinski definition) is 6. The van der Waals surface area contributed by atoms with Crippen LogP contribution in [0.25, 0.3) is 0 Å². The third kappa shape index (κ3) is 4.69. The Balaban J connectivity index is 1.44. The van der Waals surface area contributed by atoms with Gasteiger partial charge < -0.3 is 19.3 Å². The second-order valence-corrected chi connectivity index (χ2v) is 6.57. The highest BCUT2D eigenvalue weighted by Crippen LogP contribution is 2.39. The molecule has 3 rings (SSSR count). The first-order chi connectivity index (χ1) is 11.7. The maximum atomic E-state index is 14.9. The average Bonchev–Trinajstić information content (AvgIpc) is 2.63. The van der Waals surface area contributed by atoms with Crippen LogP contribution in [0.2, 0.25) is 0 Å².